The van der Waals surface area contributed by atoms with E-state index in [1.165, 1.54) is 6.92 Å². The zero-order chi connectivity index (χ0) is 19.2. The van der Waals surface area contributed by atoms with Gasteiger partial charge < -0.3 is 14.9 Å². The maximum absolute atomic E-state index is 13.1. The van der Waals surface area contributed by atoms with Crippen molar-refractivity contribution in [2.75, 3.05) is 0 Å². The van der Waals surface area contributed by atoms with Gasteiger partial charge >= 0.3 is 5.97 Å². The SMILES string of the molecule is C=C1CC[C@@]2(O)[C@H]1C(=O)[C@@H](C(C)C)C[C@@H](OC(=O)/C(C)=C/C)[C@]2(C)O. The number of rotatable bonds is 3. The molecule has 2 rings (SSSR count). The van der Waals surface area contributed by atoms with Crippen molar-refractivity contribution >= 4 is 11.8 Å². The highest BCUT2D eigenvalue weighted by Crippen LogP contribution is 2.52. The van der Waals surface area contributed by atoms with E-state index < -0.39 is 35.1 Å². The van der Waals surface area contributed by atoms with Crippen molar-refractivity contribution in [1.82, 2.24) is 0 Å². The molecule has 140 valence electrons. The Hall–Kier alpha value is -1.46. The first-order valence-corrected chi connectivity index (χ1v) is 8.97. The Kier molecular flexibility index (Phi) is 5.31. The molecular weight excluding hydrogens is 320 g/mol. The van der Waals surface area contributed by atoms with Crippen molar-refractivity contribution in [3.8, 4) is 0 Å². The molecule has 0 unspecified atom stereocenters. The monoisotopic (exact) mass is 350 g/mol. The third-order valence-corrected chi connectivity index (χ3v) is 6.14. The summed E-state index contributed by atoms with van der Waals surface area (Å²) in [6.07, 6.45) is 1.57. The molecule has 0 aliphatic heterocycles. The van der Waals surface area contributed by atoms with Crippen LogP contribution in [0.15, 0.2) is 23.8 Å². The lowest BCUT2D eigenvalue weighted by Crippen LogP contribution is -2.61. The average molecular weight is 350 g/mol. The largest absolute Gasteiger partial charge is 0.456 e. The molecule has 2 saturated carbocycles. The topological polar surface area (TPSA) is 83.8 Å². The highest BCUT2D eigenvalue weighted by Gasteiger charge is 2.64. The fourth-order valence-corrected chi connectivity index (χ4v) is 4.13. The standard InChI is InChI=1S/C20H30O5/c1-7-12(4)18(22)25-15-10-14(11(2)3)17(21)16-13(5)8-9-20(16,24)19(15,6)23/h7,11,14-16,23-24H,5,8-10H2,1-4,6H3/b12-7+/t14-,15-,16-,19+,20-/m1/s1. The van der Waals surface area contributed by atoms with E-state index in [1.807, 2.05) is 13.8 Å². The molecule has 0 saturated heterocycles. The minimum atomic E-state index is -1.74. The van der Waals surface area contributed by atoms with E-state index in [-0.39, 0.29) is 24.5 Å². The van der Waals surface area contributed by atoms with Crippen molar-refractivity contribution in [2.45, 2.75) is 71.2 Å². The molecule has 0 aromatic carbocycles. The molecule has 25 heavy (non-hydrogen) atoms. The molecule has 0 aromatic heterocycles. The predicted molar refractivity (Wildman–Crippen MR) is 94.7 cm³/mol. The second kappa shape index (κ2) is 6.69. The normalized spacial score (nSPS) is 39.4. The molecule has 2 aliphatic rings. The maximum atomic E-state index is 13.1. The van der Waals surface area contributed by atoms with Gasteiger partial charge in [-0.2, -0.15) is 0 Å². The predicted octanol–water partition coefficient (Wildman–Crippen LogP) is 2.56. The van der Waals surface area contributed by atoms with Gasteiger partial charge in [-0.05, 0) is 46.0 Å². The van der Waals surface area contributed by atoms with Crippen LogP contribution in [-0.2, 0) is 14.3 Å². The molecule has 5 atom stereocenters. The summed E-state index contributed by atoms with van der Waals surface area (Å²) < 4.78 is 5.58. The molecular formula is C20H30O5. The van der Waals surface area contributed by atoms with E-state index in [9.17, 15) is 19.8 Å². The van der Waals surface area contributed by atoms with Gasteiger partial charge in [-0.15, -0.1) is 0 Å². The second-order valence-corrected chi connectivity index (χ2v) is 8.02. The van der Waals surface area contributed by atoms with Gasteiger partial charge in [-0.1, -0.05) is 32.1 Å². The molecule has 2 N–H and O–H groups in total. The van der Waals surface area contributed by atoms with Crippen LogP contribution in [0.25, 0.3) is 0 Å². The van der Waals surface area contributed by atoms with Crippen molar-refractivity contribution in [3.05, 3.63) is 23.8 Å². The number of fused-ring (bicyclic) bond motifs is 1. The highest BCUT2D eigenvalue weighted by molar-refractivity contribution is 5.90. The lowest BCUT2D eigenvalue weighted by atomic mass is 9.73. The maximum Gasteiger partial charge on any atom is 0.333 e. The van der Waals surface area contributed by atoms with Crippen LogP contribution in [0, 0.1) is 17.8 Å². The smallest absolute Gasteiger partial charge is 0.333 e. The molecule has 2 aliphatic carbocycles. The van der Waals surface area contributed by atoms with Crippen LogP contribution in [0.5, 0.6) is 0 Å². The van der Waals surface area contributed by atoms with Crippen molar-refractivity contribution in [3.63, 3.8) is 0 Å². The number of ether oxygens (including phenoxy) is 1. The summed E-state index contributed by atoms with van der Waals surface area (Å²) in [5.74, 6) is -1.88. The van der Waals surface area contributed by atoms with Gasteiger partial charge in [0.2, 0.25) is 0 Å². The summed E-state index contributed by atoms with van der Waals surface area (Å²) in [5.41, 5.74) is -2.33. The first-order valence-electron chi connectivity index (χ1n) is 8.97. The molecule has 0 heterocycles. The zero-order valence-corrected chi connectivity index (χ0v) is 15.8. The molecule has 5 nitrogen and oxygen atoms in total. The van der Waals surface area contributed by atoms with Gasteiger partial charge in [0.15, 0.2) is 0 Å². The fourth-order valence-electron chi connectivity index (χ4n) is 4.13. The molecule has 0 bridgehead atoms. The van der Waals surface area contributed by atoms with E-state index in [0.717, 1.165) is 0 Å². The van der Waals surface area contributed by atoms with E-state index in [0.29, 0.717) is 17.6 Å². The van der Waals surface area contributed by atoms with Crippen LogP contribution in [0.3, 0.4) is 0 Å². The molecule has 0 radical (unpaired) electrons. The lowest BCUT2D eigenvalue weighted by Gasteiger charge is -2.43. The summed E-state index contributed by atoms with van der Waals surface area (Å²) in [4.78, 5) is 25.4. The molecule has 0 aromatic rings. The zero-order valence-electron chi connectivity index (χ0n) is 15.8. The van der Waals surface area contributed by atoms with Gasteiger partial charge in [-0.3, -0.25) is 4.79 Å². The van der Waals surface area contributed by atoms with Crippen LogP contribution in [-0.4, -0.2) is 39.3 Å². The van der Waals surface area contributed by atoms with Gasteiger partial charge in [0.05, 0.1) is 5.92 Å². The van der Waals surface area contributed by atoms with Crippen LogP contribution < -0.4 is 0 Å². The molecule has 2 fully saturated rings. The summed E-state index contributed by atoms with van der Waals surface area (Å²) in [6.45, 7) is 12.6. The number of Topliss-reactive ketones (excluding diaryl/α,β-unsaturated/α-hetero) is 1. The number of ketones is 1. The van der Waals surface area contributed by atoms with Gasteiger partial charge in [0.25, 0.3) is 0 Å². The Balaban J connectivity index is 2.51. The molecule has 0 amide bonds. The van der Waals surface area contributed by atoms with E-state index in [4.69, 9.17) is 4.74 Å². The third kappa shape index (κ3) is 3.08. The first kappa shape index (κ1) is 19.9. The number of carbonyl (C=O) groups is 2. The van der Waals surface area contributed by atoms with E-state index >= 15 is 0 Å². The number of esters is 1. The number of hydrogen-bond acceptors (Lipinski definition) is 5. The summed E-state index contributed by atoms with van der Waals surface area (Å²) in [5, 5.41) is 22.5. The first-order chi connectivity index (χ1) is 11.5. The number of hydrogen-bond donors (Lipinski definition) is 2. The molecule has 5 heteroatoms. The quantitative estimate of drug-likeness (QED) is 0.464. The summed E-state index contributed by atoms with van der Waals surface area (Å²) in [6, 6.07) is 0. The van der Waals surface area contributed by atoms with Crippen molar-refractivity contribution in [2.24, 2.45) is 17.8 Å². The van der Waals surface area contributed by atoms with Crippen LogP contribution >= 0.6 is 0 Å². The van der Waals surface area contributed by atoms with Crippen molar-refractivity contribution < 1.29 is 24.5 Å². The highest BCUT2D eigenvalue weighted by atomic mass is 16.6. The van der Waals surface area contributed by atoms with E-state index in [2.05, 4.69) is 6.58 Å². The van der Waals surface area contributed by atoms with Crippen LogP contribution in [0.1, 0.15) is 53.9 Å². The van der Waals surface area contributed by atoms with Gasteiger partial charge in [-0.25, -0.2) is 4.79 Å². The minimum absolute atomic E-state index is 0.00284. The van der Waals surface area contributed by atoms with Crippen LogP contribution in [0.2, 0.25) is 0 Å². The Morgan fingerprint density at radius 1 is 1.40 bits per heavy atom. The lowest BCUT2D eigenvalue weighted by molar-refractivity contribution is -0.211. The Bertz CT molecular complexity index is 616. The summed E-state index contributed by atoms with van der Waals surface area (Å²) >= 11 is 0. The minimum Gasteiger partial charge on any atom is -0.456 e. The number of allylic oxidation sites excluding steroid dienone is 1. The van der Waals surface area contributed by atoms with E-state index in [1.54, 1.807) is 19.9 Å². The number of carbonyl (C=O) groups excluding carboxylic acids is 2. The number of aliphatic hydroxyl groups is 2. The fraction of sp³-hybridized carbons (Fsp3) is 0.700. The van der Waals surface area contributed by atoms with Crippen molar-refractivity contribution in [1.29, 1.82) is 0 Å². The van der Waals surface area contributed by atoms with Gasteiger partial charge in [0.1, 0.15) is 23.1 Å². The Morgan fingerprint density at radius 3 is 2.52 bits per heavy atom. The molecule has 0 spiro atoms. The average Bonchev–Trinajstić information content (AvgIpc) is 2.82. The second-order valence-electron chi connectivity index (χ2n) is 8.02. The summed E-state index contributed by atoms with van der Waals surface area (Å²) in [7, 11) is 0. The van der Waals surface area contributed by atoms with Crippen LogP contribution in [0.4, 0.5) is 0 Å². The third-order valence-electron chi connectivity index (χ3n) is 6.14. The van der Waals surface area contributed by atoms with Gasteiger partial charge in [0, 0.05) is 11.5 Å². The Labute approximate surface area is 149 Å². The Morgan fingerprint density at radius 2 is 2.00 bits per heavy atom.